The highest BCUT2D eigenvalue weighted by atomic mass is 32.1. The molecule has 1 fully saturated rings. The maximum atomic E-state index is 12.1. The van der Waals surface area contributed by atoms with Gasteiger partial charge in [0.15, 0.2) is 0 Å². The van der Waals surface area contributed by atoms with Crippen LogP contribution in [0.3, 0.4) is 0 Å². The Morgan fingerprint density at radius 3 is 2.96 bits per heavy atom. The van der Waals surface area contributed by atoms with Crippen LogP contribution in [0, 0.1) is 0 Å². The first-order valence-electron chi connectivity index (χ1n) is 8.08. The number of carbonyl (C=O) groups is 1. The van der Waals surface area contributed by atoms with Crippen LogP contribution < -0.4 is 15.5 Å². The van der Waals surface area contributed by atoms with Gasteiger partial charge in [-0.3, -0.25) is 0 Å². The van der Waals surface area contributed by atoms with E-state index in [-0.39, 0.29) is 12.1 Å². The number of rotatable bonds is 5. The molecule has 0 spiro atoms. The Morgan fingerprint density at radius 2 is 2.21 bits per heavy atom. The van der Waals surface area contributed by atoms with E-state index >= 15 is 0 Å². The molecule has 128 valence electrons. The largest absolute Gasteiger partial charge is 0.378 e. The number of nitrogens with zero attached hydrogens (tertiary/aromatic N) is 2. The molecule has 2 amide bonds. The van der Waals surface area contributed by atoms with Gasteiger partial charge >= 0.3 is 6.03 Å². The van der Waals surface area contributed by atoms with Crippen LogP contribution >= 0.6 is 11.3 Å². The van der Waals surface area contributed by atoms with Crippen molar-refractivity contribution in [2.45, 2.75) is 19.5 Å². The molecule has 3 heterocycles. The van der Waals surface area contributed by atoms with Crippen molar-refractivity contribution in [1.29, 1.82) is 0 Å². The molecule has 2 N–H and O–H groups in total. The van der Waals surface area contributed by atoms with Crippen LogP contribution in [0.25, 0.3) is 0 Å². The number of ether oxygens (including phenoxy) is 1. The average molecular weight is 346 g/mol. The molecule has 0 radical (unpaired) electrons. The number of carbonyl (C=O) groups excluding carboxylic acids is 1. The maximum absolute atomic E-state index is 12.1. The molecule has 6 nitrogen and oxygen atoms in total. The van der Waals surface area contributed by atoms with Crippen molar-refractivity contribution in [3.05, 3.63) is 46.3 Å². The van der Waals surface area contributed by atoms with Crippen molar-refractivity contribution in [2.24, 2.45) is 0 Å². The van der Waals surface area contributed by atoms with Crippen LogP contribution in [0.2, 0.25) is 0 Å². The predicted octanol–water partition coefficient (Wildman–Crippen LogP) is 2.54. The molecule has 1 atom stereocenters. The first-order valence-corrected chi connectivity index (χ1v) is 8.96. The summed E-state index contributed by atoms with van der Waals surface area (Å²) in [5.41, 5.74) is 1.01. The second kappa shape index (κ2) is 8.12. The minimum atomic E-state index is -0.173. The summed E-state index contributed by atoms with van der Waals surface area (Å²) in [5.74, 6) is 0.924. The van der Waals surface area contributed by atoms with Crippen molar-refractivity contribution in [1.82, 2.24) is 15.6 Å². The number of aromatic nitrogens is 1. The van der Waals surface area contributed by atoms with Gasteiger partial charge in [-0.2, -0.15) is 0 Å². The van der Waals surface area contributed by atoms with Crippen molar-refractivity contribution in [3.63, 3.8) is 0 Å². The van der Waals surface area contributed by atoms with E-state index in [1.807, 2.05) is 36.6 Å². The van der Waals surface area contributed by atoms with Gasteiger partial charge < -0.3 is 20.3 Å². The van der Waals surface area contributed by atoms with Crippen LogP contribution in [0.4, 0.5) is 10.6 Å². The molecule has 1 unspecified atom stereocenters. The predicted molar refractivity (Wildman–Crippen MR) is 95.4 cm³/mol. The number of thiophene rings is 1. The van der Waals surface area contributed by atoms with E-state index in [2.05, 4.69) is 20.5 Å². The van der Waals surface area contributed by atoms with Crippen molar-refractivity contribution >= 4 is 23.2 Å². The van der Waals surface area contributed by atoms with Crippen LogP contribution in [0.1, 0.15) is 23.4 Å². The Kier molecular flexibility index (Phi) is 5.66. The smallest absolute Gasteiger partial charge is 0.315 e. The van der Waals surface area contributed by atoms with Crippen LogP contribution in [-0.4, -0.2) is 37.3 Å². The van der Waals surface area contributed by atoms with E-state index in [0.717, 1.165) is 29.3 Å². The highest BCUT2D eigenvalue weighted by molar-refractivity contribution is 7.10. The summed E-state index contributed by atoms with van der Waals surface area (Å²) in [6, 6.07) is 7.73. The number of nitrogens with one attached hydrogen (secondary N) is 2. The lowest BCUT2D eigenvalue weighted by Crippen LogP contribution is -2.39. The summed E-state index contributed by atoms with van der Waals surface area (Å²) >= 11 is 1.64. The lowest BCUT2D eigenvalue weighted by atomic mass is 10.2. The van der Waals surface area contributed by atoms with E-state index < -0.39 is 0 Å². The van der Waals surface area contributed by atoms with Gasteiger partial charge in [0.05, 0.1) is 19.3 Å². The summed E-state index contributed by atoms with van der Waals surface area (Å²) in [6.07, 6.45) is 1.78. The number of morpholine rings is 1. The number of hydrogen-bond acceptors (Lipinski definition) is 5. The molecule has 0 aromatic carbocycles. The van der Waals surface area contributed by atoms with Crippen LogP contribution in [0.5, 0.6) is 0 Å². The van der Waals surface area contributed by atoms with Crippen molar-refractivity contribution in [3.8, 4) is 0 Å². The fourth-order valence-electron chi connectivity index (χ4n) is 2.66. The van der Waals surface area contributed by atoms with E-state index in [1.54, 1.807) is 17.5 Å². The number of pyridine rings is 1. The quantitative estimate of drug-likeness (QED) is 0.873. The van der Waals surface area contributed by atoms with Crippen molar-refractivity contribution in [2.75, 3.05) is 31.2 Å². The molecule has 1 aliphatic rings. The molecular formula is C17H22N4O2S. The second-order valence-corrected chi connectivity index (χ2v) is 6.63. The molecule has 0 aliphatic carbocycles. The Morgan fingerprint density at radius 1 is 1.38 bits per heavy atom. The number of hydrogen-bond donors (Lipinski definition) is 2. The molecule has 0 saturated carbocycles. The third-order valence-corrected chi connectivity index (χ3v) is 4.99. The van der Waals surface area contributed by atoms with Gasteiger partial charge in [0.25, 0.3) is 0 Å². The number of urea groups is 1. The Hall–Kier alpha value is -2.12. The molecule has 0 bridgehead atoms. The van der Waals surface area contributed by atoms with E-state index in [0.29, 0.717) is 19.8 Å². The third-order valence-electron chi connectivity index (χ3n) is 3.94. The molecule has 1 saturated heterocycles. The lowest BCUT2D eigenvalue weighted by Gasteiger charge is -2.29. The highest BCUT2D eigenvalue weighted by Crippen LogP contribution is 2.19. The Balaban J connectivity index is 1.57. The maximum Gasteiger partial charge on any atom is 0.315 e. The third kappa shape index (κ3) is 4.24. The fraction of sp³-hybridized carbons (Fsp3) is 0.412. The average Bonchev–Trinajstić information content (AvgIpc) is 3.16. The molecule has 1 aliphatic heterocycles. The normalized spacial score (nSPS) is 15.8. The topological polar surface area (TPSA) is 66.5 Å². The van der Waals surface area contributed by atoms with E-state index in [9.17, 15) is 4.79 Å². The number of anilines is 1. The second-order valence-electron chi connectivity index (χ2n) is 5.65. The summed E-state index contributed by atoms with van der Waals surface area (Å²) in [4.78, 5) is 20.0. The minimum absolute atomic E-state index is 0.00221. The monoisotopic (exact) mass is 346 g/mol. The zero-order chi connectivity index (χ0) is 16.8. The molecular weight excluding hydrogens is 324 g/mol. The van der Waals surface area contributed by atoms with Gasteiger partial charge in [-0.1, -0.05) is 12.1 Å². The van der Waals surface area contributed by atoms with E-state index in [1.165, 1.54) is 0 Å². The van der Waals surface area contributed by atoms with Gasteiger partial charge in [0.1, 0.15) is 5.82 Å². The van der Waals surface area contributed by atoms with Crippen LogP contribution in [-0.2, 0) is 11.3 Å². The lowest BCUT2D eigenvalue weighted by molar-refractivity contribution is 0.122. The van der Waals surface area contributed by atoms with Gasteiger partial charge in [-0.15, -0.1) is 11.3 Å². The Bertz CT molecular complexity index is 656. The molecule has 2 aromatic heterocycles. The highest BCUT2D eigenvalue weighted by Gasteiger charge is 2.16. The zero-order valence-electron chi connectivity index (χ0n) is 13.7. The number of amides is 2. The fourth-order valence-corrected chi connectivity index (χ4v) is 3.39. The first-order chi connectivity index (χ1) is 11.7. The standard InChI is InChI=1S/C17H22N4O2S/c1-13(15-5-3-11-24-15)20-17(22)19-12-14-4-2-6-18-16(14)21-7-9-23-10-8-21/h2-6,11,13H,7-10,12H2,1H3,(H2,19,20,22). The summed E-state index contributed by atoms with van der Waals surface area (Å²) in [5, 5.41) is 7.90. The molecule has 7 heteroatoms. The summed E-state index contributed by atoms with van der Waals surface area (Å²) in [7, 11) is 0. The molecule has 24 heavy (non-hydrogen) atoms. The Labute approximate surface area is 145 Å². The van der Waals surface area contributed by atoms with Gasteiger partial charge in [-0.05, 0) is 24.4 Å². The minimum Gasteiger partial charge on any atom is -0.378 e. The van der Waals surface area contributed by atoms with Gasteiger partial charge in [-0.25, -0.2) is 9.78 Å². The first kappa shape index (κ1) is 16.7. The molecule has 3 rings (SSSR count). The molecule has 2 aromatic rings. The summed E-state index contributed by atoms with van der Waals surface area (Å²) < 4.78 is 5.39. The SMILES string of the molecule is CC(NC(=O)NCc1cccnc1N1CCOCC1)c1cccs1. The van der Waals surface area contributed by atoms with Crippen molar-refractivity contribution < 1.29 is 9.53 Å². The van der Waals surface area contributed by atoms with Gasteiger partial charge in [0.2, 0.25) is 0 Å². The zero-order valence-corrected chi connectivity index (χ0v) is 14.5. The van der Waals surface area contributed by atoms with Crippen LogP contribution in [0.15, 0.2) is 35.8 Å². The van der Waals surface area contributed by atoms with E-state index in [4.69, 9.17) is 4.74 Å². The van der Waals surface area contributed by atoms with Gasteiger partial charge in [0, 0.05) is 36.3 Å². The summed E-state index contributed by atoms with van der Waals surface area (Å²) in [6.45, 7) is 5.50.